The lowest BCUT2D eigenvalue weighted by Gasteiger charge is -2.22. The van der Waals surface area contributed by atoms with Crippen LogP contribution in [-0.2, 0) is 13.5 Å². The number of hydrogen-bond donors (Lipinski definition) is 1. The number of nitrogens with one attached hydrogen (secondary N) is 1. The fraction of sp³-hybridized carbons (Fsp3) is 0.789. The molecule has 2 atom stereocenters. The number of fused-ring (bicyclic) bond motifs is 1. The standard InChI is InChI=1S/C19H33N5/c1-5-20-19(24-12-16-8-6-7-9-17(16)13-24)21-11-10-18-14(2)22-23(4)15(18)3/h16-17H,5-13H2,1-4H3,(H,20,21). The third-order valence-electron chi connectivity index (χ3n) is 5.89. The molecular weight excluding hydrogens is 298 g/mol. The number of aromatic nitrogens is 2. The Balaban J connectivity index is 1.63. The van der Waals surface area contributed by atoms with E-state index in [2.05, 4.69) is 36.1 Å². The Morgan fingerprint density at radius 1 is 1.21 bits per heavy atom. The lowest BCUT2D eigenvalue weighted by Crippen LogP contribution is -2.40. The van der Waals surface area contributed by atoms with Gasteiger partial charge in [0, 0.05) is 38.9 Å². The van der Waals surface area contributed by atoms with Gasteiger partial charge < -0.3 is 10.2 Å². The Kier molecular flexibility index (Phi) is 5.47. The monoisotopic (exact) mass is 331 g/mol. The molecule has 0 amide bonds. The first-order valence-corrected chi connectivity index (χ1v) is 9.62. The molecule has 5 heteroatoms. The van der Waals surface area contributed by atoms with Gasteiger partial charge in [0.1, 0.15) is 0 Å². The smallest absolute Gasteiger partial charge is 0.193 e. The molecule has 2 heterocycles. The zero-order chi connectivity index (χ0) is 17.1. The molecule has 0 spiro atoms. The second-order valence-electron chi connectivity index (χ2n) is 7.47. The highest BCUT2D eigenvalue weighted by Crippen LogP contribution is 2.35. The largest absolute Gasteiger partial charge is 0.357 e. The average Bonchev–Trinajstić information content (AvgIpc) is 3.10. The second kappa shape index (κ2) is 7.58. The quantitative estimate of drug-likeness (QED) is 0.681. The number of likely N-dealkylation sites (tertiary alicyclic amines) is 1. The van der Waals surface area contributed by atoms with Crippen LogP contribution in [0.25, 0.3) is 0 Å². The van der Waals surface area contributed by atoms with Crippen LogP contribution < -0.4 is 5.32 Å². The SMILES string of the molecule is CCNC(=NCCc1c(C)nn(C)c1C)N1CC2CCCCC2C1. The fourth-order valence-electron chi connectivity index (χ4n) is 4.46. The van der Waals surface area contributed by atoms with Gasteiger partial charge in [0.05, 0.1) is 5.69 Å². The molecule has 2 unspecified atom stereocenters. The van der Waals surface area contributed by atoms with E-state index in [1.54, 1.807) is 0 Å². The number of nitrogens with zero attached hydrogens (tertiary/aromatic N) is 4. The van der Waals surface area contributed by atoms with E-state index in [0.29, 0.717) is 0 Å². The summed E-state index contributed by atoms with van der Waals surface area (Å²) in [6.45, 7) is 10.6. The summed E-state index contributed by atoms with van der Waals surface area (Å²) in [4.78, 5) is 7.44. The zero-order valence-corrected chi connectivity index (χ0v) is 15.8. The molecule has 1 aromatic heterocycles. The Bertz CT molecular complexity index is 575. The summed E-state index contributed by atoms with van der Waals surface area (Å²) in [5, 5.41) is 8.02. The maximum atomic E-state index is 4.93. The first-order chi connectivity index (χ1) is 11.6. The number of aliphatic imine (C=N–C) groups is 1. The molecule has 0 bridgehead atoms. The highest BCUT2D eigenvalue weighted by atomic mass is 15.3. The Hall–Kier alpha value is -1.52. The summed E-state index contributed by atoms with van der Waals surface area (Å²) in [6.07, 6.45) is 6.63. The second-order valence-corrected chi connectivity index (χ2v) is 7.47. The highest BCUT2D eigenvalue weighted by Gasteiger charge is 2.35. The van der Waals surface area contributed by atoms with E-state index in [0.717, 1.165) is 43.0 Å². The van der Waals surface area contributed by atoms with E-state index in [4.69, 9.17) is 4.99 Å². The van der Waals surface area contributed by atoms with Crippen molar-refractivity contribution >= 4 is 5.96 Å². The van der Waals surface area contributed by atoms with Gasteiger partial charge in [-0.1, -0.05) is 12.8 Å². The molecule has 2 aliphatic rings. The lowest BCUT2D eigenvalue weighted by atomic mass is 9.82. The van der Waals surface area contributed by atoms with Crippen molar-refractivity contribution in [2.24, 2.45) is 23.9 Å². The first-order valence-electron chi connectivity index (χ1n) is 9.62. The topological polar surface area (TPSA) is 45.5 Å². The van der Waals surface area contributed by atoms with Crippen molar-refractivity contribution in [1.82, 2.24) is 20.0 Å². The van der Waals surface area contributed by atoms with Crippen molar-refractivity contribution < 1.29 is 0 Å². The van der Waals surface area contributed by atoms with Gasteiger partial charge >= 0.3 is 0 Å². The van der Waals surface area contributed by atoms with Crippen LogP contribution in [-0.4, -0.2) is 46.8 Å². The van der Waals surface area contributed by atoms with Gasteiger partial charge in [0.15, 0.2) is 5.96 Å². The van der Waals surface area contributed by atoms with Crippen molar-refractivity contribution in [3.8, 4) is 0 Å². The van der Waals surface area contributed by atoms with E-state index in [9.17, 15) is 0 Å². The molecule has 1 saturated carbocycles. The van der Waals surface area contributed by atoms with Crippen LogP contribution in [0.4, 0.5) is 0 Å². The molecule has 24 heavy (non-hydrogen) atoms. The summed E-state index contributed by atoms with van der Waals surface area (Å²) in [7, 11) is 2.02. The van der Waals surface area contributed by atoms with E-state index in [-0.39, 0.29) is 0 Å². The Morgan fingerprint density at radius 2 is 1.88 bits per heavy atom. The summed E-state index contributed by atoms with van der Waals surface area (Å²) >= 11 is 0. The van der Waals surface area contributed by atoms with E-state index >= 15 is 0 Å². The molecule has 1 N–H and O–H groups in total. The molecule has 3 rings (SSSR count). The summed E-state index contributed by atoms with van der Waals surface area (Å²) < 4.78 is 1.98. The van der Waals surface area contributed by atoms with E-state index in [1.165, 1.54) is 50.0 Å². The van der Waals surface area contributed by atoms with Crippen molar-refractivity contribution in [3.05, 3.63) is 17.0 Å². The minimum Gasteiger partial charge on any atom is -0.357 e. The van der Waals surface area contributed by atoms with Crippen LogP contribution in [0.5, 0.6) is 0 Å². The predicted molar refractivity (Wildman–Crippen MR) is 99.4 cm³/mol. The molecule has 134 valence electrons. The van der Waals surface area contributed by atoms with Crippen molar-refractivity contribution in [1.29, 1.82) is 0 Å². The molecule has 1 saturated heterocycles. The number of rotatable bonds is 4. The van der Waals surface area contributed by atoms with Gasteiger partial charge in [-0.2, -0.15) is 5.10 Å². The molecule has 5 nitrogen and oxygen atoms in total. The van der Waals surface area contributed by atoms with Crippen LogP contribution in [0.2, 0.25) is 0 Å². The molecule has 0 aromatic carbocycles. The van der Waals surface area contributed by atoms with Crippen LogP contribution in [0.3, 0.4) is 0 Å². The van der Waals surface area contributed by atoms with Gasteiger partial charge in [-0.3, -0.25) is 9.67 Å². The fourth-order valence-corrected chi connectivity index (χ4v) is 4.46. The van der Waals surface area contributed by atoms with Gasteiger partial charge in [-0.15, -0.1) is 0 Å². The Labute approximate surface area is 146 Å². The maximum Gasteiger partial charge on any atom is 0.193 e. The minimum absolute atomic E-state index is 0.835. The van der Waals surface area contributed by atoms with Crippen LogP contribution in [0.1, 0.15) is 49.6 Å². The van der Waals surface area contributed by atoms with Gasteiger partial charge in [0.2, 0.25) is 0 Å². The maximum absolute atomic E-state index is 4.93. The third kappa shape index (κ3) is 3.60. The molecule has 0 radical (unpaired) electrons. The molecular formula is C19H33N5. The van der Waals surface area contributed by atoms with Crippen LogP contribution >= 0.6 is 0 Å². The summed E-state index contributed by atoms with van der Waals surface area (Å²) in [6, 6.07) is 0. The normalized spacial score (nSPS) is 24.3. The minimum atomic E-state index is 0.835. The average molecular weight is 332 g/mol. The first kappa shape index (κ1) is 17.3. The number of aryl methyl sites for hydroxylation is 2. The predicted octanol–water partition coefficient (Wildman–Crippen LogP) is 2.67. The van der Waals surface area contributed by atoms with Crippen LogP contribution in [0, 0.1) is 25.7 Å². The molecule has 1 aromatic rings. The summed E-state index contributed by atoms with van der Waals surface area (Å²) in [5.74, 6) is 2.90. The molecule has 2 fully saturated rings. The molecule has 1 aliphatic carbocycles. The Morgan fingerprint density at radius 3 is 2.42 bits per heavy atom. The van der Waals surface area contributed by atoms with E-state index in [1.807, 2.05) is 11.7 Å². The summed E-state index contributed by atoms with van der Waals surface area (Å²) in [5.41, 5.74) is 3.76. The van der Waals surface area contributed by atoms with Crippen molar-refractivity contribution in [2.75, 3.05) is 26.2 Å². The van der Waals surface area contributed by atoms with E-state index < -0.39 is 0 Å². The van der Waals surface area contributed by atoms with Crippen molar-refractivity contribution in [2.45, 2.75) is 52.9 Å². The molecule has 1 aliphatic heterocycles. The number of guanidine groups is 1. The highest BCUT2D eigenvalue weighted by molar-refractivity contribution is 5.80. The van der Waals surface area contributed by atoms with Gasteiger partial charge in [-0.25, -0.2) is 0 Å². The van der Waals surface area contributed by atoms with Gasteiger partial charge in [-0.05, 0) is 57.4 Å². The lowest BCUT2D eigenvalue weighted by molar-refractivity contribution is 0.299. The third-order valence-corrected chi connectivity index (χ3v) is 5.89. The van der Waals surface area contributed by atoms with Gasteiger partial charge in [0.25, 0.3) is 0 Å². The zero-order valence-electron chi connectivity index (χ0n) is 15.8. The van der Waals surface area contributed by atoms with Crippen LogP contribution in [0.15, 0.2) is 4.99 Å². The number of hydrogen-bond acceptors (Lipinski definition) is 2. The van der Waals surface area contributed by atoms with Crippen molar-refractivity contribution in [3.63, 3.8) is 0 Å².